The standard InChI is InChI=1S/C19H19N3OS/c1-14-8-10-16(11-9-14)12-20-21-19-22(18(23)15(2)24-19)13-17-6-4-3-5-7-17/h3-12,15H,13H2,1-2H3/b20-12+,21-19-. The fourth-order valence-corrected chi connectivity index (χ4v) is 3.29. The molecule has 0 aliphatic carbocycles. The zero-order valence-corrected chi connectivity index (χ0v) is 14.5. The van der Waals surface area contributed by atoms with Crippen LogP contribution < -0.4 is 0 Å². The second-order valence-electron chi connectivity index (χ2n) is 5.71. The van der Waals surface area contributed by atoms with E-state index in [0.29, 0.717) is 11.7 Å². The maximum absolute atomic E-state index is 12.4. The van der Waals surface area contributed by atoms with Crippen LogP contribution in [0.1, 0.15) is 23.6 Å². The Morgan fingerprint density at radius 1 is 1.12 bits per heavy atom. The van der Waals surface area contributed by atoms with Gasteiger partial charge in [-0.25, -0.2) is 0 Å². The van der Waals surface area contributed by atoms with Gasteiger partial charge in [0.05, 0.1) is 18.0 Å². The van der Waals surface area contributed by atoms with Gasteiger partial charge in [-0.1, -0.05) is 71.9 Å². The van der Waals surface area contributed by atoms with E-state index in [4.69, 9.17) is 0 Å². The van der Waals surface area contributed by atoms with Gasteiger partial charge in [0, 0.05) is 0 Å². The number of nitrogens with zero attached hydrogens (tertiary/aromatic N) is 3. The first-order valence-electron chi connectivity index (χ1n) is 7.83. The van der Waals surface area contributed by atoms with Gasteiger partial charge in [0.25, 0.3) is 0 Å². The summed E-state index contributed by atoms with van der Waals surface area (Å²) in [4.78, 5) is 14.1. The van der Waals surface area contributed by atoms with E-state index in [-0.39, 0.29) is 11.2 Å². The summed E-state index contributed by atoms with van der Waals surface area (Å²) in [5.41, 5.74) is 3.27. The van der Waals surface area contributed by atoms with E-state index in [1.165, 1.54) is 17.3 Å². The number of rotatable bonds is 4. The number of benzene rings is 2. The van der Waals surface area contributed by atoms with Gasteiger partial charge in [-0.2, -0.15) is 5.10 Å². The van der Waals surface area contributed by atoms with E-state index in [9.17, 15) is 4.79 Å². The normalized spacial score (nSPS) is 19.6. The predicted octanol–water partition coefficient (Wildman–Crippen LogP) is 3.85. The number of hydrogen-bond donors (Lipinski definition) is 0. The monoisotopic (exact) mass is 337 g/mol. The van der Waals surface area contributed by atoms with Gasteiger partial charge in [-0.3, -0.25) is 9.69 Å². The molecule has 122 valence electrons. The summed E-state index contributed by atoms with van der Waals surface area (Å²) in [6, 6.07) is 18.0. The lowest BCUT2D eigenvalue weighted by molar-refractivity contribution is -0.126. The summed E-state index contributed by atoms with van der Waals surface area (Å²) in [6.45, 7) is 4.47. The summed E-state index contributed by atoms with van der Waals surface area (Å²) in [5.74, 6) is 0.0770. The van der Waals surface area contributed by atoms with Gasteiger partial charge in [-0.15, -0.1) is 5.10 Å². The highest BCUT2D eigenvalue weighted by Gasteiger charge is 2.35. The molecule has 0 spiro atoms. The summed E-state index contributed by atoms with van der Waals surface area (Å²) in [5, 5.41) is 8.97. The van der Waals surface area contributed by atoms with Crippen LogP contribution in [0.4, 0.5) is 0 Å². The van der Waals surface area contributed by atoms with Crippen molar-refractivity contribution >= 4 is 29.1 Å². The van der Waals surface area contributed by atoms with E-state index in [1.54, 1.807) is 11.1 Å². The van der Waals surface area contributed by atoms with Gasteiger partial charge in [-0.05, 0) is 25.0 Å². The third kappa shape index (κ3) is 3.92. The summed E-state index contributed by atoms with van der Waals surface area (Å²) in [7, 11) is 0. The largest absolute Gasteiger partial charge is 0.284 e. The molecular weight excluding hydrogens is 318 g/mol. The molecule has 5 heteroatoms. The lowest BCUT2D eigenvalue weighted by Crippen LogP contribution is -2.30. The van der Waals surface area contributed by atoms with Crippen molar-refractivity contribution in [3.63, 3.8) is 0 Å². The number of amidine groups is 1. The highest BCUT2D eigenvalue weighted by atomic mass is 32.2. The molecule has 1 atom stereocenters. The second-order valence-corrected chi connectivity index (χ2v) is 7.02. The SMILES string of the molecule is Cc1ccc(/C=N/N=C2\SC(C)C(=O)N2Cc2ccccc2)cc1. The molecule has 0 radical (unpaired) electrons. The molecule has 0 N–H and O–H groups in total. The molecule has 2 aromatic rings. The van der Waals surface area contributed by atoms with Gasteiger partial charge >= 0.3 is 0 Å². The maximum atomic E-state index is 12.4. The Hall–Kier alpha value is -2.40. The summed E-state index contributed by atoms with van der Waals surface area (Å²) in [6.07, 6.45) is 1.71. The zero-order valence-electron chi connectivity index (χ0n) is 13.7. The molecule has 0 bridgehead atoms. The van der Waals surface area contributed by atoms with Crippen molar-refractivity contribution in [2.24, 2.45) is 10.2 Å². The van der Waals surface area contributed by atoms with Crippen molar-refractivity contribution < 1.29 is 4.79 Å². The van der Waals surface area contributed by atoms with E-state index in [1.807, 2.05) is 68.4 Å². The Morgan fingerprint density at radius 2 is 1.83 bits per heavy atom. The van der Waals surface area contributed by atoms with E-state index < -0.39 is 0 Å². The fraction of sp³-hybridized carbons (Fsp3) is 0.211. The average Bonchev–Trinajstić information content (AvgIpc) is 2.85. The Kier molecular flexibility index (Phi) is 5.11. The quantitative estimate of drug-likeness (QED) is 0.628. The molecule has 1 aliphatic rings. The molecule has 3 rings (SSSR count). The van der Waals surface area contributed by atoms with Gasteiger partial charge in [0.15, 0.2) is 5.17 Å². The fourth-order valence-electron chi connectivity index (χ4n) is 2.37. The van der Waals surface area contributed by atoms with Crippen molar-refractivity contribution in [1.29, 1.82) is 0 Å². The average molecular weight is 337 g/mol. The molecule has 0 aromatic heterocycles. The van der Waals surface area contributed by atoms with Crippen molar-refractivity contribution in [3.05, 3.63) is 71.3 Å². The Bertz CT molecular complexity index is 769. The number of carbonyl (C=O) groups excluding carboxylic acids is 1. The summed E-state index contributed by atoms with van der Waals surface area (Å²) >= 11 is 1.45. The minimum atomic E-state index is -0.123. The number of thioether (sulfide) groups is 1. The van der Waals surface area contributed by atoms with Gasteiger partial charge in [0.1, 0.15) is 0 Å². The van der Waals surface area contributed by atoms with Gasteiger partial charge < -0.3 is 0 Å². The van der Waals surface area contributed by atoms with E-state index in [0.717, 1.165) is 11.1 Å². The van der Waals surface area contributed by atoms with Crippen molar-refractivity contribution in [1.82, 2.24) is 4.90 Å². The molecular formula is C19H19N3OS. The smallest absolute Gasteiger partial charge is 0.242 e. The first-order chi connectivity index (χ1) is 11.6. The van der Waals surface area contributed by atoms with E-state index >= 15 is 0 Å². The Labute approximate surface area is 146 Å². The predicted molar refractivity (Wildman–Crippen MR) is 100 cm³/mol. The molecule has 1 aliphatic heterocycles. The first kappa shape index (κ1) is 16.5. The number of hydrogen-bond acceptors (Lipinski definition) is 4. The second kappa shape index (κ2) is 7.45. The lowest BCUT2D eigenvalue weighted by atomic mass is 10.2. The Morgan fingerprint density at radius 3 is 2.54 bits per heavy atom. The number of aryl methyl sites for hydroxylation is 1. The highest BCUT2D eigenvalue weighted by molar-refractivity contribution is 8.15. The van der Waals surface area contributed by atoms with Crippen LogP contribution >= 0.6 is 11.8 Å². The Balaban J connectivity index is 1.76. The van der Waals surface area contributed by atoms with Crippen LogP contribution in [0.25, 0.3) is 0 Å². The number of amides is 1. The van der Waals surface area contributed by atoms with Gasteiger partial charge in [0.2, 0.25) is 5.91 Å². The highest BCUT2D eigenvalue weighted by Crippen LogP contribution is 2.28. The first-order valence-corrected chi connectivity index (χ1v) is 8.71. The van der Waals surface area contributed by atoms with Crippen LogP contribution in [0.3, 0.4) is 0 Å². The van der Waals surface area contributed by atoms with Crippen LogP contribution in [0.2, 0.25) is 0 Å². The van der Waals surface area contributed by atoms with Crippen LogP contribution in [0, 0.1) is 6.92 Å². The summed E-state index contributed by atoms with van der Waals surface area (Å²) < 4.78 is 0. The lowest BCUT2D eigenvalue weighted by Gasteiger charge is -2.15. The van der Waals surface area contributed by atoms with Crippen molar-refractivity contribution in [2.45, 2.75) is 25.6 Å². The van der Waals surface area contributed by atoms with Crippen LogP contribution in [-0.2, 0) is 11.3 Å². The molecule has 0 saturated carbocycles. The van der Waals surface area contributed by atoms with Crippen molar-refractivity contribution in [3.8, 4) is 0 Å². The topological polar surface area (TPSA) is 45.0 Å². The molecule has 1 fully saturated rings. The molecule has 24 heavy (non-hydrogen) atoms. The zero-order chi connectivity index (χ0) is 16.9. The third-order valence-corrected chi connectivity index (χ3v) is 4.81. The van der Waals surface area contributed by atoms with E-state index in [2.05, 4.69) is 10.2 Å². The van der Waals surface area contributed by atoms with Crippen LogP contribution in [-0.4, -0.2) is 27.4 Å². The molecule has 1 unspecified atom stereocenters. The maximum Gasteiger partial charge on any atom is 0.242 e. The third-order valence-electron chi connectivity index (χ3n) is 3.74. The molecule has 2 aromatic carbocycles. The van der Waals surface area contributed by atoms with Crippen LogP contribution in [0.15, 0.2) is 64.8 Å². The minimum Gasteiger partial charge on any atom is -0.284 e. The molecule has 1 heterocycles. The van der Waals surface area contributed by atoms with Crippen LogP contribution in [0.5, 0.6) is 0 Å². The number of carbonyl (C=O) groups is 1. The van der Waals surface area contributed by atoms with Crippen molar-refractivity contribution in [2.75, 3.05) is 0 Å². The molecule has 4 nitrogen and oxygen atoms in total. The minimum absolute atomic E-state index is 0.0770. The molecule has 1 saturated heterocycles. The molecule has 1 amide bonds.